The summed E-state index contributed by atoms with van der Waals surface area (Å²) in [5.41, 5.74) is 3.05. The topological polar surface area (TPSA) is 42.2 Å². The largest absolute Gasteiger partial charge is 0.490 e. The van der Waals surface area contributed by atoms with Gasteiger partial charge in [-0.05, 0) is 41.5 Å². The molecule has 3 rings (SSSR count). The lowest BCUT2D eigenvalue weighted by molar-refractivity contribution is 0.217. The second kappa shape index (κ2) is 8.42. The second-order valence-corrected chi connectivity index (χ2v) is 6.85. The number of ether oxygens (including phenoxy) is 2. The highest BCUT2D eigenvalue weighted by Crippen LogP contribution is 2.32. The molecule has 0 atom stereocenters. The molecule has 0 aliphatic rings. The maximum atomic E-state index is 8.90. The van der Waals surface area contributed by atoms with Gasteiger partial charge in [0.15, 0.2) is 0 Å². The Hall–Kier alpha value is -3.25. The monoisotopic (exact) mass is 357 g/mol. The lowest BCUT2D eigenvalue weighted by Crippen LogP contribution is -2.18. The molecule has 0 heterocycles. The van der Waals surface area contributed by atoms with Gasteiger partial charge < -0.3 is 9.47 Å². The molecule has 27 heavy (non-hydrogen) atoms. The van der Waals surface area contributed by atoms with Crippen LogP contribution in [0.4, 0.5) is 0 Å². The van der Waals surface area contributed by atoms with E-state index in [9.17, 15) is 0 Å². The third kappa shape index (κ3) is 4.68. The standard InChI is InChI=1S/C24H23NO2/c1-24(2,20-8-4-3-5-9-20)21-11-13-22(14-12-21)26-15-16-27-23-10-6-7-19(17-23)18-25/h3-14,17H,15-16H2,1-2H3. The summed E-state index contributed by atoms with van der Waals surface area (Å²) in [6, 6.07) is 27.9. The summed E-state index contributed by atoms with van der Waals surface area (Å²) in [5, 5.41) is 8.90. The molecule has 3 nitrogen and oxygen atoms in total. The molecule has 0 unspecified atom stereocenters. The first-order chi connectivity index (χ1) is 13.1. The summed E-state index contributed by atoms with van der Waals surface area (Å²) in [6.07, 6.45) is 0. The Morgan fingerprint density at radius 2 is 1.37 bits per heavy atom. The van der Waals surface area contributed by atoms with Gasteiger partial charge in [0, 0.05) is 5.41 Å². The van der Waals surface area contributed by atoms with E-state index in [4.69, 9.17) is 14.7 Å². The number of hydrogen-bond donors (Lipinski definition) is 0. The van der Waals surface area contributed by atoms with Crippen LogP contribution in [0.1, 0.15) is 30.5 Å². The van der Waals surface area contributed by atoms with E-state index in [0.29, 0.717) is 24.5 Å². The van der Waals surface area contributed by atoms with Crippen molar-refractivity contribution in [2.24, 2.45) is 0 Å². The van der Waals surface area contributed by atoms with E-state index in [1.54, 1.807) is 12.1 Å². The zero-order valence-electron chi connectivity index (χ0n) is 15.7. The van der Waals surface area contributed by atoms with Gasteiger partial charge in [0.2, 0.25) is 0 Å². The zero-order chi connectivity index (χ0) is 19.1. The van der Waals surface area contributed by atoms with E-state index in [2.05, 4.69) is 56.3 Å². The molecule has 3 aromatic rings. The van der Waals surface area contributed by atoms with Crippen molar-refractivity contribution < 1.29 is 9.47 Å². The molecule has 0 radical (unpaired) electrons. The van der Waals surface area contributed by atoms with Crippen molar-refractivity contribution in [2.45, 2.75) is 19.3 Å². The van der Waals surface area contributed by atoms with Crippen LogP contribution in [-0.2, 0) is 5.41 Å². The smallest absolute Gasteiger partial charge is 0.122 e. The van der Waals surface area contributed by atoms with Crippen LogP contribution in [-0.4, -0.2) is 13.2 Å². The van der Waals surface area contributed by atoms with Gasteiger partial charge in [-0.2, -0.15) is 5.26 Å². The van der Waals surface area contributed by atoms with E-state index in [1.165, 1.54) is 11.1 Å². The quantitative estimate of drug-likeness (QED) is 0.536. The molecule has 0 aliphatic carbocycles. The first-order valence-electron chi connectivity index (χ1n) is 9.01. The predicted octanol–water partition coefficient (Wildman–Crippen LogP) is 5.34. The van der Waals surface area contributed by atoms with E-state index < -0.39 is 0 Å². The molecule has 0 N–H and O–H groups in total. The van der Waals surface area contributed by atoms with Crippen LogP contribution in [0.25, 0.3) is 0 Å². The Morgan fingerprint density at radius 3 is 2.04 bits per heavy atom. The number of benzene rings is 3. The molecule has 3 heteroatoms. The minimum absolute atomic E-state index is 0.0609. The molecule has 0 aromatic heterocycles. The normalized spacial score (nSPS) is 10.9. The lowest BCUT2D eigenvalue weighted by atomic mass is 9.78. The van der Waals surface area contributed by atoms with Crippen LogP contribution in [0.15, 0.2) is 78.9 Å². The molecule has 0 saturated heterocycles. The Bertz CT molecular complexity index is 909. The van der Waals surface area contributed by atoms with E-state index in [0.717, 1.165) is 5.75 Å². The van der Waals surface area contributed by atoms with Crippen molar-refractivity contribution in [1.82, 2.24) is 0 Å². The van der Waals surface area contributed by atoms with Crippen LogP contribution in [0.2, 0.25) is 0 Å². The molecule has 0 amide bonds. The fraction of sp³-hybridized carbons (Fsp3) is 0.208. The first kappa shape index (κ1) is 18.5. The average molecular weight is 357 g/mol. The van der Waals surface area contributed by atoms with Gasteiger partial charge in [0.05, 0.1) is 11.6 Å². The number of rotatable bonds is 7. The highest BCUT2D eigenvalue weighted by Gasteiger charge is 2.22. The fourth-order valence-corrected chi connectivity index (χ4v) is 2.96. The molecule has 0 bridgehead atoms. The number of nitriles is 1. The van der Waals surface area contributed by atoms with Gasteiger partial charge >= 0.3 is 0 Å². The molecule has 3 aromatic carbocycles. The molecule has 136 valence electrons. The summed E-state index contributed by atoms with van der Waals surface area (Å²) in [4.78, 5) is 0. The molecular formula is C24H23NO2. The van der Waals surface area contributed by atoms with Crippen molar-refractivity contribution >= 4 is 0 Å². The van der Waals surface area contributed by atoms with Crippen LogP contribution in [0.5, 0.6) is 11.5 Å². The Morgan fingerprint density at radius 1 is 0.741 bits per heavy atom. The summed E-state index contributed by atoms with van der Waals surface area (Å²) in [6.45, 7) is 5.31. The maximum absolute atomic E-state index is 8.90. The Balaban J connectivity index is 1.54. The minimum atomic E-state index is -0.0609. The third-order valence-electron chi connectivity index (χ3n) is 4.66. The molecule has 0 aliphatic heterocycles. The van der Waals surface area contributed by atoms with Crippen molar-refractivity contribution in [3.63, 3.8) is 0 Å². The average Bonchev–Trinajstić information content (AvgIpc) is 2.72. The van der Waals surface area contributed by atoms with Crippen LogP contribution < -0.4 is 9.47 Å². The minimum Gasteiger partial charge on any atom is -0.490 e. The zero-order valence-corrected chi connectivity index (χ0v) is 15.7. The van der Waals surface area contributed by atoms with Gasteiger partial charge in [-0.15, -0.1) is 0 Å². The van der Waals surface area contributed by atoms with Crippen LogP contribution in [0.3, 0.4) is 0 Å². The Labute approximate surface area is 160 Å². The summed E-state index contributed by atoms with van der Waals surface area (Å²) >= 11 is 0. The van der Waals surface area contributed by atoms with Gasteiger partial charge in [-0.3, -0.25) is 0 Å². The van der Waals surface area contributed by atoms with Gasteiger partial charge in [0.25, 0.3) is 0 Å². The SMILES string of the molecule is CC(C)(c1ccccc1)c1ccc(OCCOc2cccc(C#N)c2)cc1. The van der Waals surface area contributed by atoms with Gasteiger partial charge in [0.1, 0.15) is 24.7 Å². The summed E-state index contributed by atoms with van der Waals surface area (Å²) in [5.74, 6) is 1.49. The second-order valence-electron chi connectivity index (χ2n) is 6.85. The molecule has 0 fully saturated rings. The van der Waals surface area contributed by atoms with Crippen molar-refractivity contribution in [1.29, 1.82) is 5.26 Å². The highest BCUT2D eigenvalue weighted by molar-refractivity contribution is 5.40. The van der Waals surface area contributed by atoms with Crippen LogP contribution >= 0.6 is 0 Å². The predicted molar refractivity (Wildman–Crippen MR) is 107 cm³/mol. The number of hydrogen-bond acceptors (Lipinski definition) is 3. The molecular weight excluding hydrogens is 334 g/mol. The van der Waals surface area contributed by atoms with E-state index in [1.807, 2.05) is 30.3 Å². The van der Waals surface area contributed by atoms with Gasteiger partial charge in [-0.25, -0.2) is 0 Å². The highest BCUT2D eigenvalue weighted by atomic mass is 16.5. The maximum Gasteiger partial charge on any atom is 0.122 e. The number of nitrogens with zero attached hydrogens (tertiary/aromatic N) is 1. The van der Waals surface area contributed by atoms with Gasteiger partial charge in [-0.1, -0.05) is 62.4 Å². The first-order valence-corrected chi connectivity index (χ1v) is 9.01. The lowest BCUT2D eigenvalue weighted by Gasteiger charge is -2.26. The Kier molecular flexibility index (Phi) is 5.78. The van der Waals surface area contributed by atoms with E-state index >= 15 is 0 Å². The molecule has 0 saturated carbocycles. The van der Waals surface area contributed by atoms with Crippen LogP contribution in [0, 0.1) is 11.3 Å². The van der Waals surface area contributed by atoms with E-state index in [-0.39, 0.29) is 5.41 Å². The molecule has 0 spiro atoms. The summed E-state index contributed by atoms with van der Waals surface area (Å²) < 4.78 is 11.4. The summed E-state index contributed by atoms with van der Waals surface area (Å²) in [7, 11) is 0. The van der Waals surface area contributed by atoms with Crippen molar-refractivity contribution in [3.05, 3.63) is 95.6 Å². The third-order valence-corrected chi connectivity index (χ3v) is 4.66. The van der Waals surface area contributed by atoms with Crippen molar-refractivity contribution in [2.75, 3.05) is 13.2 Å². The fourth-order valence-electron chi connectivity index (χ4n) is 2.96. The van der Waals surface area contributed by atoms with Crippen molar-refractivity contribution in [3.8, 4) is 17.6 Å².